The molecule has 1 aromatic rings. The second kappa shape index (κ2) is 6.02. The van der Waals surface area contributed by atoms with Crippen molar-refractivity contribution in [2.24, 2.45) is 0 Å². The molecule has 0 aliphatic heterocycles. The number of aromatic hydroxyl groups is 1. The number of rotatable bonds is 3. The molecule has 0 spiro atoms. The number of nitrogens with zero attached hydrogens (tertiary/aromatic N) is 1. The van der Waals surface area contributed by atoms with Crippen molar-refractivity contribution in [1.29, 1.82) is 0 Å². The molecule has 0 radical (unpaired) electrons. The normalized spacial score (nSPS) is 9.56. The van der Waals surface area contributed by atoms with Crippen LogP contribution in [-0.2, 0) is 4.79 Å². The summed E-state index contributed by atoms with van der Waals surface area (Å²) in [5, 5.41) is 14.7. The molecule has 1 amide bonds. The van der Waals surface area contributed by atoms with Crippen molar-refractivity contribution in [3.8, 4) is 5.75 Å². The highest BCUT2D eigenvalue weighted by Crippen LogP contribution is 2.17. The Bertz CT molecular complexity index is 395. The molecule has 3 N–H and O–H groups in total. The summed E-state index contributed by atoms with van der Waals surface area (Å²) in [6.45, 7) is 1.90. The van der Waals surface area contributed by atoms with Gasteiger partial charge >= 0.3 is 0 Å². The molecule has 6 heteroatoms. The first-order valence-corrected chi connectivity index (χ1v) is 5.29. The third-order valence-corrected chi connectivity index (χ3v) is 1.95. The van der Waals surface area contributed by atoms with Gasteiger partial charge in [-0.25, -0.2) is 4.98 Å². The summed E-state index contributed by atoms with van der Waals surface area (Å²) >= 11 is 4.89. The number of anilines is 1. The predicted octanol–water partition coefficient (Wildman–Crippen LogP) is 1.40. The van der Waals surface area contributed by atoms with Crippen molar-refractivity contribution in [2.75, 3.05) is 5.32 Å². The van der Waals surface area contributed by atoms with E-state index in [2.05, 4.69) is 15.6 Å². The molecule has 1 rings (SSSR count). The van der Waals surface area contributed by atoms with Crippen molar-refractivity contribution in [3.05, 3.63) is 18.3 Å². The number of thiocarbonyl (C=S) groups is 1. The van der Waals surface area contributed by atoms with Crippen LogP contribution in [0, 0.1) is 0 Å². The maximum absolute atomic E-state index is 11.2. The highest BCUT2D eigenvalue weighted by atomic mass is 32.1. The molecular weight excluding hydrogens is 226 g/mol. The Balaban J connectivity index is 2.52. The van der Waals surface area contributed by atoms with E-state index in [1.54, 1.807) is 6.07 Å². The van der Waals surface area contributed by atoms with Crippen LogP contribution in [0.5, 0.6) is 5.75 Å². The number of nitrogens with one attached hydrogen (secondary N) is 2. The molecule has 0 saturated heterocycles. The Hall–Kier alpha value is -1.69. The zero-order chi connectivity index (χ0) is 12.0. The molecule has 0 atom stereocenters. The molecule has 1 heterocycles. The molecule has 0 bridgehead atoms. The molecule has 5 nitrogen and oxygen atoms in total. The van der Waals surface area contributed by atoms with Crippen molar-refractivity contribution in [3.63, 3.8) is 0 Å². The summed E-state index contributed by atoms with van der Waals surface area (Å²) in [5.74, 6) is 0.0503. The molecule has 0 aliphatic rings. The number of hydrogen-bond acceptors (Lipinski definition) is 4. The van der Waals surface area contributed by atoms with Gasteiger partial charge < -0.3 is 15.7 Å². The Kier molecular flexibility index (Phi) is 4.65. The maximum Gasteiger partial charge on any atom is 0.226 e. The van der Waals surface area contributed by atoms with Crippen LogP contribution in [0.1, 0.15) is 19.8 Å². The van der Waals surface area contributed by atoms with Crippen LogP contribution < -0.4 is 10.6 Å². The lowest BCUT2D eigenvalue weighted by molar-refractivity contribution is -0.119. The average molecular weight is 239 g/mol. The van der Waals surface area contributed by atoms with Gasteiger partial charge in [-0.2, -0.15) is 0 Å². The first kappa shape index (κ1) is 12.4. The van der Waals surface area contributed by atoms with Gasteiger partial charge in [-0.15, -0.1) is 0 Å². The van der Waals surface area contributed by atoms with Crippen molar-refractivity contribution < 1.29 is 9.90 Å². The molecule has 16 heavy (non-hydrogen) atoms. The van der Waals surface area contributed by atoms with E-state index in [0.717, 1.165) is 6.42 Å². The van der Waals surface area contributed by atoms with Gasteiger partial charge in [0.1, 0.15) is 0 Å². The lowest BCUT2D eigenvalue weighted by Gasteiger charge is -2.09. The standard InChI is InChI=1S/C10H13N3O2S/c1-2-4-8(15)12-10(16)13-9-7(14)5-3-6-11-9/h3,5-6,14H,2,4H2,1H3,(H2,11,12,13,15,16). The highest BCUT2D eigenvalue weighted by molar-refractivity contribution is 7.80. The fourth-order valence-electron chi connectivity index (χ4n) is 1.05. The molecule has 0 aromatic carbocycles. The SMILES string of the molecule is CCCC(=O)NC(=S)Nc1ncccc1O. The Labute approximate surface area is 98.9 Å². The number of pyridine rings is 1. The van der Waals surface area contributed by atoms with Gasteiger partial charge in [0, 0.05) is 12.6 Å². The minimum absolute atomic E-state index is 0.0189. The van der Waals surface area contributed by atoms with Crippen LogP contribution in [0.3, 0.4) is 0 Å². The summed E-state index contributed by atoms with van der Waals surface area (Å²) in [6.07, 6.45) is 2.68. The summed E-state index contributed by atoms with van der Waals surface area (Å²) in [6, 6.07) is 3.07. The second-order valence-corrected chi connectivity index (χ2v) is 3.53. The number of aromatic nitrogens is 1. The first-order valence-electron chi connectivity index (χ1n) is 4.88. The van der Waals surface area contributed by atoms with Gasteiger partial charge in [0.05, 0.1) is 0 Å². The summed E-state index contributed by atoms with van der Waals surface area (Å²) in [4.78, 5) is 15.1. The third-order valence-electron chi connectivity index (χ3n) is 1.75. The Morgan fingerprint density at radius 3 is 3.00 bits per heavy atom. The fraction of sp³-hybridized carbons (Fsp3) is 0.300. The van der Waals surface area contributed by atoms with E-state index in [1.165, 1.54) is 12.3 Å². The molecule has 0 aliphatic carbocycles. The Morgan fingerprint density at radius 2 is 2.38 bits per heavy atom. The van der Waals surface area contributed by atoms with E-state index in [-0.39, 0.29) is 22.6 Å². The molecule has 0 fully saturated rings. The van der Waals surface area contributed by atoms with E-state index in [9.17, 15) is 9.90 Å². The summed E-state index contributed by atoms with van der Waals surface area (Å²) < 4.78 is 0. The first-order chi connectivity index (χ1) is 7.63. The summed E-state index contributed by atoms with van der Waals surface area (Å²) in [5.41, 5.74) is 0. The molecule has 0 unspecified atom stereocenters. The molecule has 1 aromatic heterocycles. The van der Waals surface area contributed by atoms with Crippen LogP contribution >= 0.6 is 12.2 Å². The van der Waals surface area contributed by atoms with E-state index in [1.807, 2.05) is 6.92 Å². The van der Waals surface area contributed by atoms with Gasteiger partial charge in [-0.1, -0.05) is 6.92 Å². The quantitative estimate of drug-likeness (QED) is 0.695. The zero-order valence-corrected chi connectivity index (χ0v) is 9.67. The molecular formula is C10H13N3O2S. The lowest BCUT2D eigenvalue weighted by atomic mass is 10.3. The minimum atomic E-state index is -0.157. The minimum Gasteiger partial charge on any atom is -0.504 e. The molecule has 86 valence electrons. The van der Waals surface area contributed by atoms with Crippen molar-refractivity contribution in [1.82, 2.24) is 10.3 Å². The second-order valence-electron chi connectivity index (χ2n) is 3.12. The van der Waals surface area contributed by atoms with Crippen LogP contribution in [0.2, 0.25) is 0 Å². The maximum atomic E-state index is 11.2. The van der Waals surface area contributed by atoms with Gasteiger partial charge in [-0.05, 0) is 30.8 Å². The van der Waals surface area contributed by atoms with Crippen molar-refractivity contribution >= 4 is 29.1 Å². The van der Waals surface area contributed by atoms with Crippen LogP contribution in [0.25, 0.3) is 0 Å². The van der Waals surface area contributed by atoms with E-state index < -0.39 is 0 Å². The van der Waals surface area contributed by atoms with Gasteiger partial charge in [0.15, 0.2) is 16.7 Å². The fourth-order valence-corrected chi connectivity index (χ4v) is 1.26. The Morgan fingerprint density at radius 1 is 1.62 bits per heavy atom. The smallest absolute Gasteiger partial charge is 0.226 e. The van der Waals surface area contributed by atoms with Gasteiger partial charge in [0.25, 0.3) is 0 Å². The number of carbonyl (C=O) groups is 1. The van der Waals surface area contributed by atoms with Crippen molar-refractivity contribution in [2.45, 2.75) is 19.8 Å². The number of carbonyl (C=O) groups excluding carboxylic acids is 1. The topological polar surface area (TPSA) is 74.2 Å². The van der Waals surface area contributed by atoms with E-state index in [4.69, 9.17) is 12.2 Å². The largest absolute Gasteiger partial charge is 0.504 e. The van der Waals surface area contributed by atoms with Crippen LogP contribution in [0.4, 0.5) is 5.82 Å². The van der Waals surface area contributed by atoms with E-state index in [0.29, 0.717) is 6.42 Å². The summed E-state index contributed by atoms with van der Waals surface area (Å²) in [7, 11) is 0. The number of amides is 1. The number of hydrogen-bond donors (Lipinski definition) is 3. The monoisotopic (exact) mass is 239 g/mol. The van der Waals surface area contributed by atoms with Gasteiger partial charge in [-0.3, -0.25) is 4.79 Å². The zero-order valence-electron chi connectivity index (χ0n) is 8.86. The average Bonchev–Trinajstić information content (AvgIpc) is 2.21. The lowest BCUT2D eigenvalue weighted by Crippen LogP contribution is -2.34. The van der Waals surface area contributed by atoms with E-state index >= 15 is 0 Å². The van der Waals surface area contributed by atoms with Crippen LogP contribution in [0.15, 0.2) is 18.3 Å². The highest BCUT2D eigenvalue weighted by Gasteiger charge is 2.06. The predicted molar refractivity (Wildman–Crippen MR) is 65.2 cm³/mol. The van der Waals surface area contributed by atoms with Crippen LogP contribution in [-0.4, -0.2) is 21.1 Å². The van der Waals surface area contributed by atoms with Gasteiger partial charge in [0.2, 0.25) is 5.91 Å². The third kappa shape index (κ3) is 3.82. The molecule has 0 saturated carbocycles.